The van der Waals surface area contributed by atoms with Gasteiger partial charge in [0.05, 0.1) is 5.56 Å². The normalized spacial score (nSPS) is 13.2. The fraction of sp³-hybridized carbons (Fsp3) is 0.263. The average Bonchev–Trinajstić information content (AvgIpc) is 3.45. The molecular weight excluding hydrogens is 306 g/mol. The van der Waals surface area contributed by atoms with Gasteiger partial charge in [-0.25, -0.2) is 4.79 Å². The highest BCUT2D eigenvalue weighted by atomic mass is 16.6. The largest absolute Gasteiger partial charge is 0.490 e. The third-order valence-corrected chi connectivity index (χ3v) is 3.64. The van der Waals surface area contributed by atoms with Gasteiger partial charge >= 0.3 is 5.97 Å². The number of rotatable bonds is 7. The molecular formula is C19H19NO4. The average molecular weight is 325 g/mol. The van der Waals surface area contributed by atoms with Gasteiger partial charge in [-0.1, -0.05) is 24.3 Å². The number of carbonyl (C=O) groups excluding carboxylic acids is 2. The molecule has 0 heterocycles. The molecule has 5 nitrogen and oxygen atoms in total. The molecule has 2 aromatic carbocycles. The smallest absolute Gasteiger partial charge is 0.338 e. The van der Waals surface area contributed by atoms with Gasteiger partial charge in [-0.15, -0.1) is 0 Å². The second-order valence-corrected chi connectivity index (χ2v) is 5.64. The maximum atomic E-state index is 12.0. The van der Waals surface area contributed by atoms with Crippen molar-refractivity contribution in [3.8, 4) is 5.75 Å². The summed E-state index contributed by atoms with van der Waals surface area (Å²) in [6.45, 7) is 0.445. The van der Waals surface area contributed by atoms with Crippen molar-refractivity contribution >= 4 is 17.6 Å². The highest BCUT2D eigenvalue weighted by Crippen LogP contribution is 2.30. The van der Waals surface area contributed by atoms with Crippen molar-refractivity contribution < 1.29 is 19.1 Å². The first kappa shape index (κ1) is 16.1. The van der Waals surface area contributed by atoms with Gasteiger partial charge in [-0.3, -0.25) is 4.79 Å². The number of amides is 1. The van der Waals surface area contributed by atoms with E-state index in [0.29, 0.717) is 11.3 Å². The van der Waals surface area contributed by atoms with Crippen LogP contribution in [0, 0.1) is 5.92 Å². The first-order chi connectivity index (χ1) is 11.7. The van der Waals surface area contributed by atoms with Gasteiger partial charge in [0.25, 0.3) is 0 Å². The van der Waals surface area contributed by atoms with E-state index in [-0.39, 0.29) is 25.0 Å². The van der Waals surface area contributed by atoms with Crippen LogP contribution in [0.15, 0.2) is 54.6 Å². The Morgan fingerprint density at radius 3 is 2.54 bits per heavy atom. The topological polar surface area (TPSA) is 64.6 Å². The number of para-hydroxylation sites is 1. The molecule has 0 spiro atoms. The molecule has 5 heteroatoms. The maximum absolute atomic E-state index is 12.0. The Hall–Kier alpha value is -2.82. The zero-order chi connectivity index (χ0) is 16.8. The van der Waals surface area contributed by atoms with E-state index in [1.54, 1.807) is 24.3 Å². The molecule has 0 saturated heterocycles. The van der Waals surface area contributed by atoms with Crippen LogP contribution in [0.4, 0.5) is 5.69 Å². The lowest BCUT2D eigenvalue weighted by Gasteiger charge is -2.09. The zero-order valence-electron chi connectivity index (χ0n) is 13.2. The second kappa shape index (κ2) is 7.64. The third kappa shape index (κ3) is 4.59. The van der Waals surface area contributed by atoms with Crippen LogP contribution >= 0.6 is 0 Å². The Morgan fingerprint density at radius 2 is 1.79 bits per heavy atom. The molecule has 0 aromatic heterocycles. The highest BCUT2D eigenvalue weighted by molar-refractivity contribution is 5.96. The standard InChI is InChI=1S/C19H19NO4/c21-18(14-9-10-14)20-16-6-4-5-15(13-16)19(22)24-12-11-23-17-7-2-1-3-8-17/h1-8,13-14H,9-12H2,(H,20,21). The summed E-state index contributed by atoms with van der Waals surface area (Å²) in [4.78, 5) is 23.8. The van der Waals surface area contributed by atoms with E-state index in [1.165, 1.54) is 0 Å². The van der Waals surface area contributed by atoms with Crippen molar-refractivity contribution in [3.05, 3.63) is 60.2 Å². The first-order valence-corrected chi connectivity index (χ1v) is 7.98. The van der Waals surface area contributed by atoms with Crippen molar-refractivity contribution in [2.24, 2.45) is 5.92 Å². The Labute approximate surface area is 140 Å². The molecule has 24 heavy (non-hydrogen) atoms. The van der Waals surface area contributed by atoms with Crippen molar-refractivity contribution in [1.29, 1.82) is 0 Å². The monoisotopic (exact) mass is 325 g/mol. The van der Waals surface area contributed by atoms with E-state index >= 15 is 0 Å². The molecule has 1 fully saturated rings. The lowest BCUT2D eigenvalue weighted by molar-refractivity contribution is -0.117. The summed E-state index contributed by atoms with van der Waals surface area (Å²) in [5.74, 6) is 0.431. The Balaban J connectivity index is 1.46. The molecule has 0 radical (unpaired) electrons. The van der Waals surface area contributed by atoms with Crippen molar-refractivity contribution in [2.75, 3.05) is 18.5 Å². The summed E-state index contributed by atoms with van der Waals surface area (Å²) in [6, 6.07) is 16.1. The van der Waals surface area contributed by atoms with Crippen LogP contribution in [0.25, 0.3) is 0 Å². The van der Waals surface area contributed by atoms with Gasteiger partial charge in [0.1, 0.15) is 19.0 Å². The molecule has 0 aliphatic heterocycles. The summed E-state index contributed by atoms with van der Waals surface area (Å²) >= 11 is 0. The van der Waals surface area contributed by atoms with E-state index in [0.717, 1.165) is 18.6 Å². The molecule has 124 valence electrons. The minimum Gasteiger partial charge on any atom is -0.490 e. The zero-order valence-corrected chi connectivity index (χ0v) is 13.2. The summed E-state index contributed by atoms with van der Waals surface area (Å²) in [6.07, 6.45) is 1.88. The molecule has 1 aliphatic rings. The van der Waals surface area contributed by atoms with Gasteiger partial charge in [-0.05, 0) is 43.2 Å². The van der Waals surface area contributed by atoms with Gasteiger partial charge in [0.2, 0.25) is 5.91 Å². The Morgan fingerprint density at radius 1 is 1.00 bits per heavy atom. The molecule has 2 aromatic rings. The molecule has 1 N–H and O–H groups in total. The molecule has 0 bridgehead atoms. The van der Waals surface area contributed by atoms with Crippen molar-refractivity contribution in [3.63, 3.8) is 0 Å². The Kier molecular flexibility index (Phi) is 5.11. The minimum atomic E-state index is -0.436. The quantitative estimate of drug-likeness (QED) is 0.627. The fourth-order valence-corrected chi connectivity index (χ4v) is 2.21. The van der Waals surface area contributed by atoms with E-state index in [9.17, 15) is 9.59 Å². The lowest BCUT2D eigenvalue weighted by atomic mass is 10.2. The number of carbonyl (C=O) groups is 2. The summed E-state index contributed by atoms with van der Waals surface area (Å²) < 4.78 is 10.7. The van der Waals surface area contributed by atoms with Crippen LogP contribution in [0.2, 0.25) is 0 Å². The van der Waals surface area contributed by atoms with E-state index in [2.05, 4.69) is 5.32 Å². The molecule has 3 rings (SSSR count). The lowest BCUT2D eigenvalue weighted by Crippen LogP contribution is -2.15. The number of hydrogen-bond acceptors (Lipinski definition) is 4. The van der Waals surface area contributed by atoms with Crippen LogP contribution in [-0.4, -0.2) is 25.1 Å². The van der Waals surface area contributed by atoms with Gasteiger partial charge in [0, 0.05) is 11.6 Å². The molecule has 1 aliphatic carbocycles. The SMILES string of the molecule is O=C(OCCOc1ccccc1)c1cccc(NC(=O)C2CC2)c1. The summed E-state index contributed by atoms with van der Waals surface area (Å²) in [5, 5.41) is 2.82. The van der Waals surface area contributed by atoms with Crippen molar-refractivity contribution in [1.82, 2.24) is 0 Å². The second-order valence-electron chi connectivity index (χ2n) is 5.64. The highest BCUT2D eigenvalue weighted by Gasteiger charge is 2.29. The predicted octanol–water partition coefficient (Wildman–Crippen LogP) is 3.27. The van der Waals surface area contributed by atoms with E-state index in [4.69, 9.17) is 9.47 Å². The minimum absolute atomic E-state index is 0.0109. The third-order valence-electron chi connectivity index (χ3n) is 3.64. The van der Waals surface area contributed by atoms with Crippen LogP contribution in [-0.2, 0) is 9.53 Å². The predicted molar refractivity (Wildman–Crippen MR) is 90.0 cm³/mol. The molecule has 1 amide bonds. The van der Waals surface area contributed by atoms with Crippen LogP contribution in [0.3, 0.4) is 0 Å². The van der Waals surface area contributed by atoms with Gasteiger partial charge in [0.15, 0.2) is 0 Å². The number of benzene rings is 2. The van der Waals surface area contributed by atoms with Crippen LogP contribution in [0.5, 0.6) is 5.75 Å². The summed E-state index contributed by atoms with van der Waals surface area (Å²) in [7, 11) is 0. The molecule has 1 saturated carbocycles. The van der Waals surface area contributed by atoms with Gasteiger partial charge < -0.3 is 14.8 Å². The van der Waals surface area contributed by atoms with Crippen LogP contribution in [0.1, 0.15) is 23.2 Å². The van der Waals surface area contributed by atoms with E-state index in [1.807, 2.05) is 30.3 Å². The van der Waals surface area contributed by atoms with Gasteiger partial charge in [-0.2, -0.15) is 0 Å². The van der Waals surface area contributed by atoms with E-state index < -0.39 is 5.97 Å². The number of ether oxygens (including phenoxy) is 2. The molecule has 0 atom stereocenters. The number of nitrogens with one attached hydrogen (secondary N) is 1. The fourth-order valence-electron chi connectivity index (χ4n) is 2.21. The number of esters is 1. The summed E-state index contributed by atoms with van der Waals surface area (Å²) in [5.41, 5.74) is 1.02. The number of hydrogen-bond donors (Lipinski definition) is 1. The maximum Gasteiger partial charge on any atom is 0.338 e. The van der Waals surface area contributed by atoms with Crippen molar-refractivity contribution in [2.45, 2.75) is 12.8 Å². The first-order valence-electron chi connectivity index (χ1n) is 7.98. The molecule has 0 unspecified atom stereocenters. The Bertz CT molecular complexity index is 710. The van der Waals surface area contributed by atoms with Crippen LogP contribution < -0.4 is 10.1 Å². The number of anilines is 1.